The second-order valence-electron chi connectivity index (χ2n) is 5.55. The van der Waals surface area contributed by atoms with Crippen molar-refractivity contribution < 1.29 is 9.59 Å². The number of amides is 2. The number of carbonyl (C=O) groups is 2. The lowest BCUT2D eigenvalue weighted by Crippen LogP contribution is -2.35. The van der Waals surface area contributed by atoms with Crippen LogP contribution in [0.15, 0.2) is 24.3 Å². The minimum absolute atomic E-state index is 0.115. The highest BCUT2D eigenvalue weighted by Gasteiger charge is 2.22. The maximum Gasteiger partial charge on any atom is 0.253 e. The number of carbonyl (C=O) groups excluding carboxylic acids is 2. The molecule has 2 saturated heterocycles. The van der Waals surface area contributed by atoms with E-state index in [9.17, 15) is 9.59 Å². The molecule has 0 aromatic heterocycles. The standard InChI is InChI=1S/C16H20N2O2/c19-15-5-4-12-18(15)14-8-6-13(7-9-14)16(20)17-10-2-1-3-11-17/h6-9H,1-5,10-12H2. The molecule has 1 aromatic rings. The summed E-state index contributed by atoms with van der Waals surface area (Å²) in [7, 11) is 0. The first kappa shape index (κ1) is 13.2. The van der Waals surface area contributed by atoms with Crippen molar-refractivity contribution in [2.75, 3.05) is 24.5 Å². The van der Waals surface area contributed by atoms with Crippen LogP contribution < -0.4 is 4.90 Å². The summed E-state index contributed by atoms with van der Waals surface area (Å²) >= 11 is 0. The molecule has 4 heteroatoms. The number of nitrogens with zero attached hydrogens (tertiary/aromatic N) is 2. The van der Waals surface area contributed by atoms with Crippen molar-refractivity contribution in [1.29, 1.82) is 0 Å². The van der Waals surface area contributed by atoms with E-state index in [2.05, 4.69) is 0 Å². The minimum Gasteiger partial charge on any atom is -0.339 e. The number of hydrogen-bond acceptors (Lipinski definition) is 2. The first-order valence-electron chi connectivity index (χ1n) is 7.45. The Labute approximate surface area is 119 Å². The number of hydrogen-bond donors (Lipinski definition) is 0. The van der Waals surface area contributed by atoms with Crippen molar-refractivity contribution in [3.63, 3.8) is 0 Å². The summed E-state index contributed by atoms with van der Waals surface area (Å²) in [6.07, 6.45) is 4.99. The molecule has 0 aliphatic carbocycles. The van der Waals surface area contributed by atoms with Gasteiger partial charge in [-0.15, -0.1) is 0 Å². The van der Waals surface area contributed by atoms with Crippen molar-refractivity contribution in [1.82, 2.24) is 4.90 Å². The molecule has 1 aromatic carbocycles. The fourth-order valence-electron chi connectivity index (χ4n) is 2.98. The van der Waals surface area contributed by atoms with E-state index in [0.717, 1.165) is 50.1 Å². The van der Waals surface area contributed by atoms with Gasteiger partial charge < -0.3 is 9.80 Å². The van der Waals surface area contributed by atoms with Gasteiger partial charge in [-0.05, 0) is 49.9 Å². The van der Waals surface area contributed by atoms with Crippen molar-refractivity contribution >= 4 is 17.5 Å². The zero-order chi connectivity index (χ0) is 13.9. The van der Waals surface area contributed by atoms with Crippen LogP contribution >= 0.6 is 0 Å². The zero-order valence-corrected chi connectivity index (χ0v) is 11.7. The average molecular weight is 272 g/mol. The maximum absolute atomic E-state index is 12.3. The molecule has 0 saturated carbocycles. The monoisotopic (exact) mass is 272 g/mol. The molecule has 2 amide bonds. The fourth-order valence-corrected chi connectivity index (χ4v) is 2.98. The molecular formula is C16H20N2O2. The molecule has 2 aliphatic rings. The highest BCUT2D eigenvalue weighted by atomic mass is 16.2. The van der Waals surface area contributed by atoms with E-state index in [1.54, 1.807) is 4.90 Å². The average Bonchev–Trinajstić information content (AvgIpc) is 2.94. The second kappa shape index (κ2) is 5.65. The van der Waals surface area contributed by atoms with Crippen molar-refractivity contribution in [2.24, 2.45) is 0 Å². The molecule has 2 fully saturated rings. The van der Waals surface area contributed by atoms with Crippen LogP contribution in [0.3, 0.4) is 0 Å². The van der Waals surface area contributed by atoms with Gasteiger partial charge in [0.1, 0.15) is 0 Å². The van der Waals surface area contributed by atoms with Gasteiger partial charge in [-0.3, -0.25) is 9.59 Å². The molecule has 0 unspecified atom stereocenters. The number of benzene rings is 1. The molecule has 0 bridgehead atoms. The third kappa shape index (κ3) is 2.55. The molecule has 2 aliphatic heterocycles. The number of likely N-dealkylation sites (tertiary alicyclic amines) is 1. The summed E-state index contributed by atoms with van der Waals surface area (Å²) < 4.78 is 0. The smallest absolute Gasteiger partial charge is 0.253 e. The van der Waals surface area contributed by atoms with Gasteiger partial charge in [-0.25, -0.2) is 0 Å². The molecule has 3 rings (SSSR count). The van der Waals surface area contributed by atoms with Crippen LogP contribution in [0.1, 0.15) is 42.5 Å². The van der Waals surface area contributed by atoms with Crippen molar-refractivity contribution in [3.05, 3.63) is 29.8 Å². The third-order valence-corrected chi connectivity index (χ3v) is 4.14. The van der Waals surface area contributed by atoms with Gasteiger partial charge in [0.25, 0.3) is 5.91 Å². The molecule has 0 N–H and O–H groups in total. The van der Waals surface area contributed by atoms with E-state index < -0.39 is 0 Å². The Hall–Kier alpha value is -1.84. The molecule has 0 atom stereocenters. The number of piperidine rings is 1. The van der Waals surface area contributed by atoms with Crippen molar-refractivity contribution in [2.45, 2.75) is 32.1 Å². The van der Waals surface area contributed by atoms with Gasteiger partial charge in [0.15, 0.2) is 0 Å². The molecular weight excluding hydrogens is 252 g/mol. The van der Waals surface area contributed by atoms with E-state index in [0.29, 0.717) is 6.42 Å². The molecule has 106 valence electrons. The molecule has 20 heavy (non-hydrogen) atoms. The van der Waals surface area contributed by atoms with Gasteiger partial charge >= 0.3 is 0 Å². The van der Waals surface area contributed by atoms with Gasteiger partial charge in [0.2, 0.25) is 5.91 Å². The Bertz CT molecular complexity index is 504. The maximum atomic E-state index is 12.3. The first-order valence-corrected chi connectivity index (χ1v) is 7.45. The third-order valence-electron chi connectivity index (χ3n) is 4.14. The highest BCUT2D eigenvalue weighted by molar-refractivity contribution is 5.97. The normalized spacial score (nSPS) is 19.5. The van der Waals surface area contributed by atoms with Crippen molar-refractivity contribution in [3.8, 4) is 0 Å². The van der Waals surface area contributed by atoms with Crippen LogP contribution in [0.25, 0.3) is 0 Å². The Morgan fingerprint density at radius 3 is 2.20 bits per heavy atom. The predicted molar refractivity (Wildman–Crippen MR) is 77.8 cm³/mol. The SMILES string of the molecule is O=C(c1ccc(N2CCCC2=O)cc1)N1CCCCC1. The quantitative estimate of drug-likeness (QED) is 0.829. The van der Waals surface area contributed by atoms with Crippen LogP contribution in [-0.2, 0) is 4.79 Å². The second-order valence-corrected chi connectivity index (χ2v) is 5.55. The number of rotatable bonds is 2. The fraction of sp³-hybridized carbons (Fsp3) is 0.500. The summed E-state index contributed by atoms with van der Waals surface area (Å²) in [4.78, 5) is 27.8. The lowest BCUT2D eigenvalue weighted by atomic mass is 10.1. The van der Waals surface area contributed by atoms with E-state index in [4.69, 9.17) is 0 Å². The number of anilines is 1. The Morgan fingerprint density at radius 1 is 0.900 bits per heavy atom. The van der Waals surface area contributed by atoms with Crippen LogP contribution in [0, 0.1) is 0 Å². The highest BCUT2D eigenvalue weighted by Crippen LogP contribution is 2.22. The topological polar surface area (TPSA) is 40.6 Å². The summed E-state index contributed by atoms with van der Waals surface area (Å²) in [6.45, 7) is 2.52. The van der Waals surface area contributed by atoms with E-state index in [-0.39, 0.29) is 11.8 Å². The summed E-state index contributed by atoms with van der Waals surface area (Å²) in [5.74, 6) is 0.295. The molecule has 4 nitrogen and oxygen atoms in total. The molecule has 0 radical (unpaired) electrons. The molecule has 2 heterocycles. The lowest BCUT2D eigenvalue weighted by molar-refractivity contribution is -0.117. The summed E-state index contributed by atoms with van der Waals surface area (Å²) in [5.41, 5.74) is 1.63. The van der Waals surface area contributed by atoms with Crippen LogP contribution in [-0.4, -0.2) is 36.3 Å². The first-order chi connectivity index (χ1) is 9.75. The summed E-state index contributed by atoms with van der Waals surface area (Å²) in [6, 6.07) is 7.47. The Balaban J connectivity index is 1.72. The zero-order valence-electron chi connectivity index (χ0n) is 11.7. The summed E-state index contributed by atoms with van der Waals surface area (Å²) in [5, 5.41) is 0. The van der Waals surface area contributed by atoms with Crippen LogP contribution in [0.5, 0.6) is 0 Å². The van der Waals surface area contributed by atoms with Gasteiger partial charge in [-0.2, -0.15) is 0 Å². The van der Waals surface area contributed by atoms with E-state index in [1.807, 2.05) is 29.2 Å². The van der Waals surface area contributed by atoms with Crippen LogP contribution in [0.2, 0.25) is 0 Å². The largest absolute Gasteiger partial charge is 0.339 e. The minimum atomic E-state index is 0.115. The Morgan fingerprint density at radius 2 is 1.60 bits per heavy atom. The van der Waals surface area contributed by atoms with Gasteiger partial charge in [-0.1, -0.05) is 0 Å². The van der Waals surface area contributed by atoms with Crippen LogP contribution in [0.4, 0.5) is 5.69 Å². The predicted octanol–water partition coefficient (Wildman–Crippen LogP) is 2.44. The molecule has 0 spiro atoms. The lowest BCUT2D eigenvalue weighted by Gasteiger charge is -2.27. The van der Waals surface area contributed by atoms with E-state index in [1.165, 1.54) is 6.42 Å². The van der Waals surface area contributed by atoms with Gasteiger partial charge in [0, 0.05) is 37.3 Å². The Kier molecular flexibility index (Phi) is 3.72. The van der Waals surface area contributed by atoms with E-state index >= 15 is 0 Å². The van der Waals surface area contributed by atoms with Gasteiger partial charge in [0.05, 0.1) is 0 Å².